The van der Waals surface area contributed by atoms with Crippen molar-refractivity contribution < 1.29 is 14.1 Å². The number of phenolic OH excluding ortho intramolecular Hbond substituents is 1. The molecule has 2 aromatic carbocycles. The van der Waals surface area contributed by atoms with Gasteiger partial charge in [-0.2, -0.15) is 0 Å². The molecular weight excluding hydrogens is 518 g/mol. The fourth-order valence-electron chi connectivity index (χ4n) is 3.47. The van der Waals surface area contributed by atoms with E-state index in [0.717, 1.165) is 4.88 Å². The van der Waals surface area contributed by atoms with E-state index in [4.69, 9.17) is 0 Å². The Balaban J connectivity index is 0.00000121. The van der Waals surface area contributed by atoms with Crippen molar-refractivity contribution in [2.45, 2.75) is 47.1 Å². The Labute approximate surface area is 232 Å². The van der Waals surface area contributed by atoms with Gasteiger partial charge >= 0.3 is 0 Å². The Bertz CT molecular complexity index is 1290. The van der Waals surface area contributed by atoms with Crippen molar-refractivity contribution in [1.82, 2.24) is 10.2 Å². The topological polar surface area (TPSA) is 106 Å². The zero-order valence-corrected chi connectivity index (χ0v) is 24.6. The molecule has 10 heteroatoms. The maximum Gasteiger partial charge on any atom is 0.269 e. The number of carbonyl (C=O) groups excluding carboxylic acids is 1. The van der Waals surface area contributed by atoms with Crippen LogP contribution in [0.25, 0.3) is 0 Å². The molecule has 2 atom stereocenters. The van der Waals surface area contributed by atoms with E-state index >= 15 is 0 Å². The molecule has 0 fully saturated rings. The molecule has 2 unspecified atom stereocenters. The molecule has 1 aromatic heterocycles. The number of thiophene rings is 1. The molecule has 0 radical (unpaired) electrons. The quantitative estimate of drug-likeness (QED) is 0.326. The van der Waals surface area contributed by atoms with Crippen LogP contribution in [-0.2, 0) is 17.7 Å². The zero-order valence-electron chi connectivity index (χ0n) is 23.0. The maximum absolute atomic E-state index is 12.3. The van der Waals surface area contributed by atoms with Gasteiger partial charge in [0.25, 0.3) is 17.1 Å². The van der Waals surface area contributed by atoms with Gasteiger partial charge in [-0.25, -0.2) is 4.21 Å². The summed E-state index contributed by atoms with van der Waals surface area (Å²) in [5.74, 6) is 0.300. The Morgan fingerprint density at radius 3 is 2.32 bits per heavy atom. The van der Waals surface area contributed by atoms with Crippen LogP contribution in [-0.4, -0.2) is 45.9 Å². The average molecular weight is 556 g/mol. The SMILES string of the molecule is CC.CC.CC(c1ccccc1)c1csc(CNC2=NS(=O)N=C2Nc2cccc(C(=O)N(C)C)c2O)c1. The van der Waals surface area contributed by atoms with Gasteiger partial charge in [-0.05, 0) is 34.7 Å². The second-order valence-corrected chi connectivity index (χ2v) is 9.79. The average Bonchev–Trinajstić information content (AvgIpc) is 3.56. The van der Waals surface area contributed by atoms with Gasteiger partial charge in [-0.1, -0.05) is 71.0 Å². The summed E-state index contributed by atoms with van der Waals surface area (Å²) in [4.78, 5) is 14.8. The van der Waals surface area contributed by atoms with Crippen molar-refractivity contribution in [3.05, 3.63) is 81.5 Å². The molecule has 1 amide bonds. The van der Waals surface area contributed by atoms with Crippen LogP contribution in [0.5, 0.6) is 5.75 Å². The Morgan fingerprint density at radius 1 is 1.00 bits per heavy atom. The molecule has 1 aliphatic rings. The van der Waals surface area contributed by atoms with Gasteiger partial charge in [0.15, 0.2) is 17.4 Å². The standard InChI is InChI=1S/C24H25N5O3S2.2C2H6/c1-15(16-8-5-4-6-9-16)17-12-18(33-14-17)13-25-22-23(28-34(32)27-22)26-20-11-7-10-19(21(20)30)24(31)29(2)3;2*1-2/h4-12,14-15,30H,13H2,1-3H3,(H,25,27)(H,26,28);2*1-2H3. The summed E-state index contributed by atoms with van der Waals surface area (Å²) >= 11 is -0.136. The molecule has 3 aromatic rings. The van der Waals surface area contributed by atoms with Gasteiger partial charge in [-0.15, -0.1) is 20.1 Å². The maximum atomic E-state index is 12.3. The third-order valence-corrected chi connectivity index (χ3v) is 7.02. The number of nitrogens with zero attached hydrogens (tertiary/aromatic N) is 3. The number of amidine groups is 2. The van der Waals surface area contributed by atoms with Gasteiger partial charge < -0.3 is 20.6 Å². The third kappa shape index (κ3) is 7.75. The number of para-hydroxylation sites is 1. The Morgan fingerprint density at radius 2 is 1.66 bits per heavy atom. The normalized spacial score (nSPS) is 14.6. The number of hydrogen-bond acceptors (Lipinski definition) is 6. The van der Waals surface area contributed by atoms with E-state index in [1.807, 2.05) is 45.9 Å². The summed E-state index contributed by atoms with van der Waals surface area (Å²) in [6, 6.07) is 17.3. The highest BCUT2D eigenvalue weighted by Crippen LogP contribution is 2.30. The summed E-state index contributed by atoms with van der Waals surface area (Å²) in [5.41, 5.74) is 2.91. The summed E-state index contributed by atoms with van der Waals surface area (Å²) in [7, 11) is 3.22. The van der Waals surface area contributed by atoms with Gasteiger partial charge in [0.1, 0.15) is 0 Å². The fourth-order valence-corrected chi connectivity index (χ4v) is 5.02. The fraction of sp³-hybridized carbons (Fsp3) is 0.321. The van der Waals surface area contributed by atoms with Crippen molar-refractivity contribution in [2.24, 2.45) is 8.80 Å². The lowest BCUT2D eigenvalue weighted by atomic mass is 9.95. The molecule has 204 valence electrons. The van der Waals surface area contributed by atoms with Crippen LogP contribution in [0.4, 0.5) is 5.69 Å². The second kappa shape index (κ2) is 15.0. The summed E-state index contributed by atoms with van der Waals surface area (Å²) in [6.45, 7) is 10.7. The minimum Gasteiger partial charge on any atom is -0.505 e. The second-order valence-electron chi connectivity index (χ2n) is 7.97. The van der Waals surface area contributed by atoms with Crippen molar-refractivity contribution in [2.75, 3.05) is 19.4 Å². The minimum absolute atomic E-state index is 0.153. The molecule has 3 N–H and O–H groups in total. The number of anilines is 1. The van der Waals surface area contributed by atoms with Crippen LogP contribution in [0.2, 0.25) is 0 Å². The summed E-state index contributed by atoms with van der Waals surface area (Å²) < 4.78 is 20.1. The van der Waals surface area contributed by atoms with Crippen LogP contribution >= 0.6 is 11.3 Å². The first-order valence-electron chi connectivity index (χ1n) is 12.6. The lowest BCUT2D eigenvalue weighted by molar-refractivity contribution is 0.0824. The molecule has 0 saturated heterocycles. The zero-order chi connectivity index (χ0) is 28.2. The van der Waals surface area contributed by atoms with Gasteiger partial charge in [-0.3, -0.25) is 4.79 Å². The van der Waals surface area contributed by atoms with E-state index in [-0.39, 0.29) is 34.7 Å². The van der Waals surface area contributed by atoms with Gasteiger partial charge in [0, 0.05) is 24.9 Å². The number of rotatable bonds is 6. The number of benzene rings is 2. The van der Waals surface area contributed by atoms with E-state index in [0.29, 0.717) is 12.4 Å². The Hall–Kier alpha value is -3.50. The van der Waals surface area contributed by atoms with Crippen LogP contribution < -0.4 is 10.6 Å². The van der Waals surface area contributed by atoms with Crippen molar-refractivity contribution in [1.29, 1.82) is 0 Å². The highest BCUT2D eigenvalue weighted by molar-refractivity contribution is 7.83. The van der Waals surface area contributed by atoms with Crippen molar-refractivity contribution in [3.63, 3.8) is 0 Å². The third-order valence-electron chi connectivity index (χ3n) is 5.39. The van der Waals surface area contributed by atoms with Crippen LogP contribution in [0.3, 0.4) is 0 Å². The van der Waals surface area contributed by atoms with Gasteiger partial charge in [0.05, 0.1) is 17.8 Å². The minimum atomic E-state index is -1.77. The van der Waals surface area contributed by atoms with Crippen LogP contribution in [0.1, 0.15) is 66.9 Å². The molecule has 0 saturated carbocycles. The molecule has 4 rings (SSSR count). The first-order chi connectivity index (χ1) is 18.3. The van der Waals surface area contributed by atoms with E-state index in [2.05, 4.69) is 49.9 Å². The van der Waals surface area contributed by atoms with E-state index in [1.165, 1.54) is 22.1 Å². The molecule has 0 aliphatic carbocycles. The highest BCUT2D eigenvalue weighted by atomic mass is 32.2. The molecule has 2 heterocycles. The molecule has 8 nitrogen and oxygen atoms in total. The summed E-state index contributed by atoms with van der Waals surface area (Å²) in [5, 5.41) is 18.9. The largest absolute Gasteiger partial charge is 0.505 e. The molecule has 38 heavy (non-hydrogen) atoms. The lowest BCUT2D eigenvalue weighted by Gasteiger charge is -2.15. The Kier molecular flexibility index (Phi) is 12.2. The van der Waals surface area contributed by atoms with Gasteiger partial charge in [0.2, 0.25) is 0 Å². The number of hydrogen-bond donors (Lipinski definition) is 3. The monoisotopic (exact) mass is 555 g/mol. The van der Waals surface area contributed by atoms with E-state index < -0.39 is 11.2 Å². The summed E-state index contributed by atoms with van der Waals surface area (Å²) in [6.07, 6.45) is 0. The lowest BCUT2D eigenvalue weighted by Crippen LogP contribution is -2.33. The molecule has 0 spiro atoms. The molecule has 1 aliphatic heterocycles. The van der Waals surface area contributed by atoms with Crippen molar-refractivity contribution >= 4 is 45.8 Å². The van der Waals surface area contributed by atoms with Crippen LogP contribution in [0, 0.1) is 0 Å². The molecular formula is C28H37N5O3S2. The van der Waals surface area contributed by atoms with E-state index in [1.54, 1.807) is 37.6 Å². The number of aromatic hydroxyl groups is 1. The predicted molar refractivity (Wildman–Crippen MR) is 161 cm³/mol. The van der Waals surface area contributed by atoms with Crippen molar-refractivity contribution in [3.8, 4) is 5.75 Å². The number of carbonyl (C=O) groups is 1. The van der Waals surface area contributed by atoms with Crippen LogP contribution in [0.15, 0.2) is 68.8 Å². The number of phenols is 1. The van der Waals surface area contributed by atoms with E-state index in [9.17, 15) is 14.1 Å². The highest BCUT2D eigenvalue weighted by Gasteiger charge is 2.22. The molecule has 0 bridgehead atoms. The smallest absolute Gasteiger partial charge is 0.269 e. The first-order valence-corrected chi connectivity index (χ1v) is 14.5. The first kappa shape index (κ1) is 30.7. The number of nitrogens with one attached hydrogen (secondary N) is 2. The number of amides is 1. The predicted octanol–water partition coefficient (Wildman–Crippen LogP) is 5.95.